The largest absolute Gasteiger partial charge is 0.481 e. The number of esters is 1. The minimum absolute atomic E-state index is 0.283. The highest BCUT2D eigenvalue weighted by molar-refractivity contribution is 8.00. The molecule has 0 radical (unpaired) electrons. The normalized spacial score (nSPS) is 21.7. The van der Waals surface area contributed by atoms with Gasteiger partial charge in [-0.05, 0) is 17.7 Å². The molecular formula is C16H13NO7S2. The van der Waals surface area contributed by atoms with E-state index in [1.54, 1.807) is 12.1 Å². The molecule has 2 aromatic rings. The number of rotatable bonds is 4. The molecule has 3 N–H and O–H groups in total. The highest BCUT2D eigenvalue weighted by Crippen LogP contribution is 2.49. The second-order valence-electron chi connectivity index (χ2n) is 5.54. The fourth-order valence-corrected chi connectivity index (χ4v) is 5.35. The number of thioether (sulfide) groups is 1. The van der Waals surface area contributed by atoms with Gasteiger partial charge in [-0.1, -0.05) is 35.2 Å². The topological polar surface area (TPSA) is 134 Å². The lowest BCUT2D eigenvalue weighted by Crippen LogP contribution is -2.39. The summed E-state index contributed by atoms with van der Waals surface area (Å²) < 4.78 is 4.63. The maximum Gasteiger partial charge on any atom is 0.337 e. The van der Waals surface area contributed by atoms with Gasteiger partial charge in [0.2, 0.25) is 0 Å². The van der Waals surface area contributed by atoms with Crippen LogP contribution < -0.4 is 4.87 Å². The summed E-state index contributed by atoms with van der Waals surface area (Å²) in [4.78, 5) is 49.5. The molecule has 0 fully saturated rings. The Labute approximate surface area is 154 Å². The monoisotopic (exact) mass is 395 g/mol. The van der Waals surface area contributed by atoms with Crippen LogP contribution in [0, 0.1) is 5.92 Å². The van der Waals surface area contributed by atoms with E-state index in [1.807, 2.05) is 0 Å². The molecule has 10 heteroatoms. The summed E-state index contributed by atoms with van der Waals surface area (Å²) in [6.07, 6.45) is 0. The van der Waals surface area contributed by atoms with Crippen molar-refractivity contribution in [2.24, 2.45) is 5.92 Å². The minimum Gasteiger partial charge on any atom is -0.481 e. The number of carboxylic acids is 2. The van der Waals surface area contributed by atoms with Gasteiger partial charge in [-0.15, -0.1) is 0 Å². The van der Waals surface area contributed by atoms with Crippen LogP contribution in [0.3, 0.4) is 0 Å². The zero-order valence-electron chi connectivity index (χ0n) is 13.3. The number of carbonyl (C=O) groups is 3. The Morgan fingerprint density at radius 3 is 2.31 bits per heavy atom. The number of carboxylic acid groups (broad SMARTS) is 2. The Bertz CT molecular complexity index is 931. The first kappa shape index (κ1) is 18.2. The van der Waals surface area contributed by atoms with Crippen LogP contribution in [0.25, 0.3) is 0 Å². The molecule has 1 aromatic carbocycles. The second-order valence-corrected chi connectivity index (χ2v) is 7.71. The quantitative estimate of drug-likeness (QED) is 0.665. The van der Waals surface area contributed by atoms with Gasteiger partial charge in [-0.25, -0.2) is 4.79 Å². The molecule has 0 aliphatic carbocycles. The van der Waals surface area contributed by atoms with Crippen molar-refractivity contribution in [1.82, 2.24) is 4.98 Å². The Balaban J connectivity index is 2.14. The summed E-state index contributed by atoms with van der Waals surface area (Å²) in [6, 6.07) is 6.06. The van der Waals surface area contributed by atoms with Gasteiger partial charge in [0.15, 0.2) is 0 Å². The first-order chi connectivity index (χ1) is 12.3. The van der Waals surface area contributed by atoms with E-state index in [2.05, 4.69) is 9.72 Å². The van der Waals surface area contributed by atoms with E-state index >= 15 is 0 Å². The van der Waals surface area contributed by atoms with Crippen LogP contribution in [-0.2, 0) is 14.3 Å². The number of fused-ring (bicyclic) bond motifs is 1. The predicted molar refractivity (Wildman–Crippen MR) is 93.0 cm³/mol. The van der Waals surface area contributed by atoms with Gasteiger partial charge in [0.1, 0.15) is 5.25 Å². The average Bonchev–Trinajstić information content (AvgIpc) is 2.99. The molecule has 8 nitrogen and oxygen atoms in total. The molecule has 0 amide bonds. The number of benzene rings is 1. The van der Waals surface area contributed by atoms with E-state index < -0.39 is 35.0 Å². The molecule has 1 aliphatic heterocycles. The zero-order chi connectivity index (χ0) is 19.0. The van der Waals surface area contributed by atoms with Crippen LogP contribution in [0.5, 0.6) is 0 Å². The first-order valence-corrected chi connectivity index (χ1v) is 9.06. The number of ether oxygens (including phenoxy) is 1. The van der Waals surface area contributed by atoms with Gasteiger partial charge in [0.25, 0.3) is 0 Å². The number of hydrogen-bond donors (Lipinski definition) is 3. The van der Waals surface area contributed by atoms with Crippen LogP contribution >= 0.6 is 23.1 Å². The maximum atomic E-state index is 11.9. The number of aliphatic carboxylic acids is 2. The van der Waals surface area contributed by atoms with Crippen molar-refractivity contribution in [1.29, 1.82) is 0 Å². The Morgan fingerprint density at radius 2 is 1.77 bits per heavy atom. The third kappa shape index (κ3) is 3.13. The van der Waals surface area contributed by atoms with E-state index in [4.69, 9.17) is 0 Å². The molecule has 0 bridgehead atoms. The van der Waals surface area contributed by atoms with E-state index in [1.165, 1.54) is 19.2 Å². The second kappa shape index (κ2) is 6.96. The molecule has 0 unspecified atom stereocenters. The summed E-state index contributed by atoms with van der Waals surface area (Å²) in [5, 5.41) is 18.3. The summed E-state index contributed by atoms with van der Waals surface area (Å²) in [7, 11) is 1.25. The van der Waals surface area contributed by atoms with Crippen molar-refractivity contribution in [3.8, 4) is 0 Å². The van der Waals surface area contributed by atoms with Crippen molar-refractivity contribution in [2.75, 3.05) is 7.11 Å². The number of nitrogens with one attached hydrogen (secondary N) is 1. The number of hydrogen-bond acceptors (Lipinski definition) is 7. The lowest BCUT2D eigenvalue weighted by atomic mass is 9.82. The van der Waals surface area contributed by atoms with Crippen LogP contribution in [0.15, 0.2) is 34.1 Å². The van der Waals surface area contributed by atoms with Crippen molar-refractivity contribution in [2.45, 2.75) is 16.2 Å². The highest BCUT2D eigenvalue weighted by atomic mass is 32.2. The lowest BCUT2D eigenvalue weighted by Gasteiger charge is -2.32. The van der Waals surface area contributed by atoms with E-state index in [-0.39, 0.29) is 10.4 Å². The zero-order valence-corrected chi connectivity index (χ0v) is 14.9. The Hall–Kier alpha value is -2.59. The van der Waals surface area contributed by atoms with E-state index in [0.717, 1.165) is 23.1 Å². The molecule has 0 spiro atoms. The lowest BCUT2D eigenvalue weighted by molar-refractivity contribution is -0.148. The van der Waals surface area contributed by atoms with Crippen LogP contribution in [0.1, 0.15) is 26.7 Å². The molecule has 1 aromatic heterocycles. The predicted octanol–water partition coefficient (Wildman–Crippen LogP) is 1.61. The van der Waals surface area contributed by atoms with Gasteiger partial charge in [-0.3, -0.25) is 14.4 Å². The fourth-order valence-electron chi connectivity index (χ4n) is 2.94. The van der Waals surface area contributed by atoms with Gasteiger partial charge in [0.05, 0.1) is 23.6 Å². The molecule has 136 valence electrons. The van der Waals surface area contributed by atoms with Gasteiger partial charge in [0, 0.05) is 10.8 Å². The third-order valence-corrected chi connectivity index (χ3v) is 6.48. The van der Waals surface area contributed by atoms with Crippen LogP contribution in [0.4, 0.5) is 0 Å². The molecule has 26 heavy (non-hydrogen) atoms. The summed E-state index contributed by atoms with van der Waals surface area (Å²) in [6.45, 7) is 0. The number of aromatic nitrogens is 1. The number of H-pyrrole nitrogens is 1. The van der Waals surface area contributed by atoms with E-state index in [9.17, 15) is 29.4 Å². The molecule has 1 aliphatic rings. The third-order valence-electron chi connectivity index (χ3n) is 4.07. The number of carbonyl (C=O) groups excluding carboxylic acids is 1. The minimum atomic E-state index is -1.27. The average molecular weight is 395 g/mol. The van der Waals surface area contributed by atoms with Crippen LogP contribution in [0.2, 0.25) is 0 Å². The maximum absolute atomic E-state index is 11.9. The summed E-state index contributed by atoms with van der Waals surface area (Å²) >= 11 is 1.70. The molecular weight excluding hydrogens is 382 g/mol. The summed E-state index contributed by atoms with van der Waals surface area (Å²) in [5.41, 5.74) is 0.790. The smallest absolute Gasteiger partial charge is 0.337 e. The molecule has 0 saturated carbocycles. The number of aromatic amines is 1. The van der Waals surface area contributed by atoms with Crippen molar-refractivity contribution < 1.29 is 29.3 Å². The van der Waals surface area contributed by atoms with E-state index in [0.29, 0.717) is 15.5 Å². The fraction of sp³-hybridized carbons (Fsp3) is 0.250. The summed E-state index contributed by atoms with van der Waals surface area (Å²) in [5.74, 6) is -5.16. The van der Waals surface area contributed by atoms with Crippen molar-refractivity contribution in [3.05, 3.63) is 49.9 Å². The van der Waals surface area contributed by atoms with Gasteiger partial charge < -0.3 is 19.9 Å². The Morgan fingerprint density at radius 1 is 1.12 bits per heavy atom. The van der Waals surface area contributed by atoms with Gasteiger partial charge in [-0.2, -0.15) is 0 Å². The number of methoxy groups -OCH3 is 1. The molecule has 3 rings (SSSR count). The Kier molecular flexibility index (Phi) is 4.88. The molecule has 0 saturated heterocycles. The van der Waals surface area contributed by atoms with Crippen molar-refractivity contribution >= 4 is 41.0 Å². The van der Waals surface area contributed by atoms with Crippen LogP contribution in [-0.4, -0.2) is 45.5 Å². The number of thiazole rings is 1. The highest BCUT2D eigenvalue weighted by Gasteiger charge is 2.47. The SMILES string of the molecule is COC(=O)c1ccc([C@@H]2c3sc(=O)[nH]c3S[C@H](C(=O)O)[C@H]2C(=O)O)cc1. The first-order valence-electron chi connectivity index (χ1n) is 7.37. The molecule has 2 heterocycles. The van der Waals surface area contributed by atoms with Gasteiger partial charge >= 0.3 is 22.8 Å². The van der Waals surface area contributed by atoms with Crippen molar-refractivity contribution in [3.63, 3.8) is 0 Å². The standard InChI is InChI=1S/C16H13NO7S2/c1-24-15(22)7-4-2-6(3-5-7)8-9(13(18)19)11(14(20)21)25-12-10(8)26-16(23)17-12/h2-5,8-9,11H,1H3,(H,17,23)(H,18,19)(H,20,21)/t8-,9-,11-/m0/s1. The molecule has 3 atom stereocenters.